The second kappa shape index (κ2) is 11.9. The number of hydrogen-bond donors (Lipinski definition) is 3. The van der Waals surface area contributed by atoms with Crippen LogP contribution in [-0.2, 0) is 28.2 Å². The Labute approximate surface area is 272 Å². The molecular weight excluding hydrogens is 608 g/mol. The molecule has 5 rings (SSSR count). The minimum absolute atomic E-state index is 0.105. The number of hydrogen-bond acceptors (Lipinski definition) is 10. The van der Waals surface area contributed by atoms with Gasteiger partial charge in [-0.2, -0.15) is 0 Å². The van der Waals surface area contributed by atoms with Crippen molar-refractivity contribution in [2.24, 2.45) is 16.7 Å². The van der Waals surface area contributed by atoms with Crippen LogP contribution in [0.4, 0.5) is 0 Å². The van der Waals surface area contributed by atoms with Gasteiger partial charge in [0.25, 0.3) is 0 Å². The molecular formula is C35H50O10Si. The monoisotopic (exact) mass is 658 g/mol. The maximum absolute atomic E-state index is 15.1. The fraction of sp³-hybridized carbons (Fsp3) is 0.686. The summed E-state index contributed by atoms with van der Waals surface area (Å²) in [6.07, 6.45) is -6.03. The number of benzene rings is 1. The molecule has 254 valence electrons. The molecule has 1 unspecified atom stereocenters. The molecule has 1 saturated heterocycles. The van der Waals surface area contributed by atoms with Gasteiger partial charge in [-0.3, -0.25) is 9.59 Å². The lowest BCUT2D eigenvalue weighted by Gasteiger charge is -2.68. The molecule has 0 amide bonds. The summed E-state index contributed by atoms with van der Waals surface area (Å²) in [6, 6.07) is 10.7. The van der Waals surface area contributed by atoms with Crippen molar-refractivity contribution in [1.29, 1.82) is 0 Å². The van der Waals surface area contributed by atoms with Crippen molar-refractivity contribution in [3.63, 3.8) is 0 Å². The highest BCUT2D eigenvalue weighted by Crippen LogP contribution is 2.64. The van der Waals surface area contributed by atoms with Crippen LogP contribution in [0.25, 0.3) is 0 Å². The summed E-state index contributed by atoms with van der Waals surface area (Å²) in [5, 5.41) is 36.5. The Morgan fingerprint density at radius 1 is 1.04 bits per heavy atom. The van der Waals surface area contributed by atoms with Crippen molar-refractivity contribution in [3.8, 4) is 0 Å². The smallest absolute Gasteiger partial charge is 0.338 e. The predicted octanol–water partition coefficient (Wildman–Crippen LogP) is 4.11. The van der Waals surface area contributed by atoms with E-state index in [1.54, 1.807) is 58.0 Å². The van der Waals surface area contributed by atoms with Crippen molar-refractivity contribution in [2.75, 3.05) is 6.61 Å². The molecule has 11 heteroatoms. The lowest BCUT2D eigenvalue weighted by atomic mass is 9.44. The minimum Gasteiger partial charge on any atom is -0.455 e. The number of aliphatic hydroxyl groups excluding tert-OH is 2. The van der Waals surface area contributed by atoms with Gasteiger partial charge < -0.3 is 34.0 Å². The highest BCUT2D eigenvalue weighted by molar-refractivity contribution is 6.73. The zero-order valence-corrected chi connectivity index (χ0v) is 29.3. The van der Waals surface area contributed by atoms with Crippen LogP contribution in [0.5, 0.6) is 0 Å². The Kier molecular flexibility index (Phi) is 9.05. The van der Waals surface area contributed by atoms with E-state index < -0.39 is 84.5 Å². The molecule has 1 aromatic carbocycles. The third-order valence-corrected chi connectivity index (χ3v) is 16.9. The van der Waals surface area contributed by atoms with E-state index in [4.69, 9.17) is 18.6 Å². The van der Waals surface area contributed by atoms with Crippen LogP contribution in [-0.4, -0.2) is 89.7 Å². The van der Waals surface area contributed by atoms with Crippen molar-refractivity contribution in [2.45, 2.75) is 128 Å². The van der Waals surface area contributed by atoms with Gasteiger partial charge in [0.2, 0.25) is 0 Å². The summed E-state index contributed by atoms with van der Waals surface area (Å²) in [7, 11) is -2.42. The number of esters is 2. The number of ketones is 1. The topological polar surface area (TPSA) is 149 Å². The van der Waals surface area contributed by atoms with E-state index in [9.17, 15) is 24.9 Å². The van der Waals surface area contributed by atoms with Gasteiger partial charge in [0.15, 0.2) is 19.7 Å². The Hall–Kier alpha value is -2.41. The molecule has 0 radical (unpaired) electrons. The number of Topliss-reactive ketones (excluding diaryl/α,β-unsaturated/α-hetero) is 1. The Morgan fingerprint density at radius 2 is 1.65 bits per heavy atom. The van der Waals surface area contributed by atoms with Gasteiger partial charge in [-0.05, 0) is 55.3 Å². The normalized spacial score (nSPS) is 38.5. The Morgan fingerprint density at radius 3 is 2.17 bits per heavy atom. The van der Waals surface area contributed by atoms with E-state index in [1.807, 2.05) is 0 Å². The molecule has 2 saturated carbocycles. The first kappa shape index (κ1) is 34.9. The van der Waals surface area contributed by atoms with Crippen LogP contribution in [0.3, 0.4) is 0 Å². The predicted molar refractivity (Wildman–Crippen MR) is 171 cm³/mol. The molecule has 10 nitrogen and oxygen atoms in total. The van der Waals surface area contributed by atoms with Gasteiger partial charge in [-0.25, -0.2) is 4.79 Å². The first-order valence-corrected chi connectivity index (χ1v) is 19.1. The first-order chi connectivity index (χ1) is 21.5. The largest absolute Gasteiger partial charge is 0.455 e. The molecule has 46 heavy (non-hydrogen) atoms. The molecule has 0 spiro atoms. The van der Waals surface area contributed by atoms with Crippen LogP contribution < -0.4 is 0 Å². The molecule has 1 aliphatic heterocycles. The van der Waals surface area contributed by atoms with Crippen LogP contribution >= 0.6 is 0 Å². The van der Waals surface area contributed by atoms with Crippen LogP contribution in [0, 0.1) is 16.7 Å². The quantitative estimate of drug-likeness (QED) is 0.212. The summed E-state index contributed by atoms with van der Waals surface area (Å²) in [5.41, 5.74) is -5.70. The third-order valence-electron chi connectivity index (χ3n) is 12.2. The fourth-order valence-electron chi connectivity index (χ4n) is 9.11. The fourth-order valence-corrected chi connectivity index (χ4v) is 12.1. The second-order valence-electron chi connectivity index (χ2n) is 14.5. The number of aliphatic hydroxyl groups is 3. The van der Waals surface area contributed by atoms with Gasteiger partial charge in [-0.1, -0.05) is 52.8 Å². The van der Waals surface area contributed by atoms with E-state index >= 15 is 4.79 Å². The van der Waals surface area contributed by atoms with Crippen LogP contribution in [0.1, 0.15) is 78.6 Å². The maximum atomic E-state index is 15.1. The molecule has 3 fully saturated rings. The van der Waals surface area contributed by atoms with E-state index in [1.165, 1.54) is 6.92 Å². The molecule has 3 aliphatic carbocycles. The SMILES string of the molecule is CC[Si](CC)(CC)O[C@H]1C[C@H]2OC[C@@]2(OC(C)=O)[C@H]2[C@H](OC(=O)c3ccccc3)[C@]3(O)CC(O)C(C)=C([C@@H](O)C(=O)[C@]12C)C3(C)C. The molecule has 4 aliphatic rings. The van der Waals surface area contributed by atoms with Crippen molar-refractivity contribution >= 4 is 26.0 Å². The van der Waals surface area contributed by atoms with Gasteiger partial charge in [-0.15, -0.1) is 0 Å². The number of rotatable bonds is 8. The van der Waals surface area contributed by atoms with Crippen LogP contribution in [0.2, 0.25) is 18.1 Å². The summed E-state index contributed by atoms with van der Waals surface area (Å²) in [4.78, 5) is 41.9. The summed E-state index contributed by atoms with van der Waals surface area (Å²) < 4.78 is 25.7. The maximum Gasteiger partial charge on any atom is 0.338 e. The van der Waals surface area contributed by atoms with Gasteiger partial charge in [0.05, 0.1) is 35.7 Å². The number of carbonyl (C=O) groups excluding carboxylic acids is 3. The van der Waals surface area contributed by atoms with E-state index in [2.05, 4.69) is 20.8 Å². The van der Waals surface area contributed by atoms with Gasteiger partial charge >= 0.3 is 11.9 Å². The lowest BCUT2D eigenvalue weighted by Crippen LogP contribution is -2.82. The van der Waals surface area contributed by atoms with Crippen molar-refractivity contribution < 1.29 is 48.3 Å². The first-order valence-electron chi connectivity index (χ1n) is 16.6. The zero-order valence-electron chi connectivity index (χ0n) is 28.3. The van der Waals surface area contributed by atoms with E-state index in [-0.39, 0.29) is 30.6 Å². The lowest BCUT2D eigenvalue weighted by molar-refractivity contribution is -0.344. The zero-order chi connectivity index (χ0) is 34.0. The number of ether oxygens (including phenoxy) is 3. The standard InChI is InChI=1S/C35H50O10Si/c1-9-46(10-2,11-3)45-24-17-25-34(19-42-25,44-21(5)36)28-30(43-31(40)22-15-13-12-14-16-22)35(41)18-23(37)20(4)26(32(35,6)7)27(38)29(39)33(24,28)8/h12-16,23-25,27-28,30,37-38,41H,9-11,17-19H2,1-8H3/t23?,24-,25+,27+,28-,30-,33+,34-,35+/m0/s1. The van der Waals surface area contributed by atoms with Gasteiger partial charge in [0.1, 0.15) is 23.9 Å². The average molecular weight is 659 g/mol. The van der Waals surface area contributed by atoms with Crippen molar-refractivity contribution in [1.82, 2.24) is 0 Å². The van der Waals surface area contributed by atoms with E-state index in [0.717, 1.165) is 18.1 Å². The summed E-state index contributed by atoms with van der Waals surface area (Å²) >= 11 is 0. The van der Waals surface area contributed by atoms with Crippen LogP contribution in [0.15, 0.2) is 41.5 Å². The molecule has 3 N–H and O–H groups in total. The molecule has 1 heterocycles. The summed E-state index contributed by atoms with van der Waals surface area (Å²) in [5.74, 6) is -3.16. The molecule has 1 aromatic rings. The Balaban J connectivity index is 1.84. The Bertz CT molecular complexity index is 1400. The average Bonchev–Trinajstić information content (AvgIpc) is 3.01. The highest BCUT2D eigenvalue weighted by Gasteiger charge is 2.78. The molecule has 9 atom stereocenters. The summed E-state index contributed by atoms with van der Waals surface area (Å²) in [6.45, 7) is 14.1. The van der Waals surface area contributed by atoms with Gasteiger partial charge in [0, 0.05) is 25.2 Å². The molecule has 0 aromatic heterocycles. The van der Waals surface area contributed by atoms with E-state index in [0.29, 0.717) is 5.57 Å². The minimum atomic E-state index is -2.42. The van der Waals surface area contributed by atoms with Crippen molar-refractivity contribution in [3.05, 3.63) is 47.0 Å². The highest BCUT2D eigenvalue weighted by atomic mass is 28.4. The number of fused-ring (bicyclic) bond motifs is 5. The third kappa shape index (κ3) is 4.87. The molecule has 2 bridgehead atoms. The number of carbonyl (C=O) groups is 3. The second-order valence-corrected chi connectivity index (χ2v) is 19.2.